The monoisotopic (exact) mass is 1750 g/mol. The summed E-state index contributed by atoms with van der Waals surface area (Å²) in [5.41, 5.74) is 49.1. The quantitative estimate of drug-likeness (QED) is 0.168. The molecular weight excluding hydrogens is 1630 g/mol. The molecular formula is C130H119N5. The lowest BCUT2D eigenvalue weighted by atomic mass is 9.94. The molecule has 0 aliphatic heterocycles. The van der Waals surface area contributed by atoms with E-state index in [2.05, 4.69) is 486 Å². The molecule has 0 amide bonds. The van der Waals surface area contributed by atoms with Crippen LogP contribution in [-0.2, 0) is 59.8 Å². The first-order valence-corrected chi connectivity index (χ1v) is 49.0. The van der Waals surface area contributed by atoms with Gasteiger partial charge in [-0.1, -0.05) is 287 Å². The van der Waals surface area contributed by atoms with Crippen molar-refractivity contribution < 1.29 is 0 Å². The Morgan fingerprint density at radius 1 is 0.178 bits per heavy atom. The van der Waals surface area contributed by atoms with Gasteiger partial charge in [-0.25, -0.2) is 0 Å². The van der Waals surface area contributed by atoms with Crippen LogP contribution in [0, 0.1) is 0 Å². The van der Waals surface area contributed by atoms with E-state index in [9.17, 15) is 0 Å². The fraction of sp³-hybridized carbons (Fsp3) is 0.215. The highest BCUT2D eigenvalue weighted by molar-refractivity contribution is 6.18. The molecule has 0 spiro atoms. The molecule has 664 valence electrons. The van der Waals surface area contributed by atoms with Crippen molar-refractivity contribution in [3.05, 3.63) is 407 Å². The van der Waals surface area contributed by atoms with Crippen LogP contribution in [0.15, 0.2) is 346 Å². The van der Waals surface area contributed by atoms with E-state index in [1.165, 1.54) is 248 Å². The maximum Gasteiger partial charge on any atom is 0.0499 e. The van der Waals surface area contributed by atoms with E-state index in [-0.39, 0.29) is 27.7 Å². The summed E-state index contributed by atoms with van der Waals surface area (Å²) in [6.45, 7) is 39.1. The first kappa shape index (κ1) is 85.0. The highest BCUT2D eigenvalue weighted by Gasteiger charge is 2.35. The third-order valence-corrected chi connectivity index (χ3v) is 29.7. The van der Waals surface area contributed by atoms with Crippen molar-refractivity contribution in [2.75, 3.05) is 0 Å². The molecule has 5 aromatic heterocycles. The topological polar surface area (TPSA) is 24.6 Å². The number of nitrogens with zero attached hydrogens (tertiary/aromatic N) is 5. The lowest BCUT2D eigenvalue weighted by Crippen LogP contribution is -2.21. The van der Waals surface area contributed by atoms with Gasteiger partial charge in [-0.2, -0.15) is 0 Å². The predicted molar refractivity (Wildman–Crippen MR) is 578 cm³/mol. The number of rotatable bonds is 3. The Morgan fingerprint density at radius 3 is 0.941 bits per heavy atom. The summed E-state index contributed by atoms with van der Waals surface area (Å²) in [5, 5.41) is 14.0. The Kier molecular flexibility index (Phi) is 20.0. The smallest absolute Gasteiger partial charge is 0.0499 e. The average Bonchev–Trinajstić information content (AvgIpc) is 1.57. The molecule has 0 fully saturated rings. The summed E-state index contributed by atoms with van der Waals surface area (Å²) in [7, 11) is 0. The lowest BCUT2D eigenvalue weighted by molar-refractivity contribution is 0.423. The van der Waals surface area contributed by atoms with E-state index in [0.29, 0.717) is 5.92 Å². The minimum atomic E-state index is 0.00789. The standard InChI is InChI=1S/2C29H25N.C26H27N.2C23H21N/c1-29(2,3)30-26-15-8-7-12-23(26)28-25-18-24-20(19-10-5-4-6-11-19)13-9-14-21(24)22(25)16-17-27(28)30;1-29(2,3)30-26-15-13-20(19-9-5-4-6-10-19)17-25(26)28-24-18-21-11-7-8-12-22(21)23(24)14-16-27(28)30;1-16(2)17-10-8-11-18-19-13-14-24-25(22(19)15-21(17)18)20-9-6-7-12-23(20)27(24)26(3,4)5;1-23(2,3)24-21-11-7-6-10-18(21)20-14-19-16(13-22(20)24)12-15-8-4-5-9-17(15)19;1-23(2,3)24-20-11-7-6-10-18(20)22-19-14-15-8-4-5-9-16(15)17(19)12-13-21(22)24/h2*4-17H,18H2,1-3H3;6-14,16H,15H2,1-5H3;4-11,13-14H,12H2,1-3H3;4-13H,14H2,1-3H3. The zero-order valence-electron chi connectivity index (χ0n) is 81.3. The number of hydrogen-bond acceptors (Lipinski definition) is 0. The number of para-hydroxylation sites is 4. The molecule has 22 aromatic rings. The summed E-state index contributed by atoms with van der Waals surface area (Å²) in [6, 6.07) is 128. The fourth-order valence-electron chi connectivity index (χ4n) is 24.5. The first-order valence-electron chi connectivity index (χ1n) is 49.0. The summed E-state index contributed by atoms with van der Waals surface area (Å²) in [6.07, 6.45) is 5.15. The third kappa shape index (κ3) is 13.9. The maximum atomic E-state index is 2.52. The molecule has 5 heterocycles. The summed E-state index contributed by atoms with van der Waals surface area (Å²) >= 11 is 0. The predicted octanol–water partition coefficient (Wildman–Crippen LogP) is 35.1. The van der Waals surface area contributed by atoms with Gasteiger partial charge in [0.2, 0.25) is 0 Å². The van der Waals surface area contributed by atoms with Gasteiger partial charge in [-0.15, -0.1) is 0 Å². The van der Waals surface area contributed by atoms with Gasteiger partial charge in [-0.05, 0) is 354 Å². The van der Waals surface area contributed by atoms with E-state index in [0.717, 1.165) is 32.1 Å². The van der Waals surface area contributed by atoms with Crippen LogP contribution in [0.4, 0.5) is 0 Å². The molecule has 27 rings (SSSR count). The second-order valence-electron chi connectivity index (χ2n) is 43.7. The van der Waals surface area contributed by atoms with Crippen LogP contribution in [0.5, 0.6) is 0 Å². The van der Waals surface area contributed by atoms with Crippen molar-refractivity contribution in [1.82, 2.24) is 22.8 Å². The highest BCUT2D eigenvalue weighted by Crippen LogP contribution is 2.54. The summed E-state index contributed by atoms with van der Waals surface area (Å²) in [4.78, 5) is 0. The normalized spacial score (nSPS) is 13.3. The van der Waals surface area contributed by atoms with Gasteiger partial charge < -0.3 is 22.8 Å². The largest absolute Gasteiger partial charge is 0.335 e. The Morgan fingerprint density at radius 2 is 0.489 bits per heavy atom. The van der Waals surface area contributed by atoms with Crippen LogP contribution >= 0.6 is 0 Å². The molecule has 0 saturated heterocycles. The van der Waals surface area contributed by atoms with Gasteiger partial charge in [-0.3, -0.25) is 0 Å². The zero-order valence-corrected chi connectivity index (χ0v) is 81.3. The number of hydrogen-bond donors (Lipinski definition) is 0. The van der Waals surface area contributed by atoms with Gasteiger partial charge in [0.25, 0.3) is 0 Å². The second-order valence-corrected chi connectivity index (χ2v) is 43.7. The van der Waals surface area contributed by atoms with E-state index in [1.807, 2.05) is 0 Å². The van der Waals surface area contributed by atoms with Crippen molar-refractivity contribution in [3.63, 3.8) is 0 Å². The second kappa shape index (κ2) is 31.7. The maximum absolute atomic E-state index is 2.52. The third-order valence-electron chi connectivity index (χ3n) is 29.7. The Hall–Kier alpha value is -14.3. The SMILES string of the molecule is CC(C)(C)n1c2ccc(-c3ccccc3)cc2c2c3c(ccc21)-c1ccccc1C3.CC(C)(C)n1c2ccccc2c2c3c(ccc21)-c1cccc(-c2ccccc2)c1C3.CC(C)(C)n1c2ccccc2c2c3c(ccc21)-c1ccccc1C3.CC(C)(C)n1c2ccccc2c2cc3c(cc21)Cc1ccccc1-3.CC(C)c1cccc2c1Cc1c-2ccc2c1c1ccccc1n2C(C)(C)C. The van der Waals surface area contributed by atoms with Gasteiger partial charge in [0.05, 0.1) is 0 Å². The minimum Gasteiger partial charge on any atom is -0.335 e. The fourth-order valence-corrected chi connectivity index (χ4v) is 24.5. The van der Waals surface area contributed by atoms with Crippen molar-refractivity contribution in [1.29, 1.82) is 0 Å². The van der Waals surface area contributed by atoms with E-state index in [4.69, 9.17) is 0 Å². The van der Waals surface area contributed by atoms with Crippen molar-refractivity contribution >= 4 is 109 Å². The molecule has 0 bridgehead atoms. The summed E-state index contributed by atoms with van der Waals surface area (Å²) in [5.74, 6) is 0.556. The molecule has 0 atom stereocenters. The van der Waals surface area contributed by atoms with E-state index < -0.39 is 0 Å². The number of aromatic nitrogens is 5. The van der Waals surface area contributed by atoms with Gasteiger partial charge in [0.1, 0.15) is 0 Å². The minimum absolute atomic E-state index is 0.00789. The van der Waals surface area contributed by atoms with Crippen LogP contribution in [0.1, 0.15) is 185 Å². The summed E-state index contributed by atoms with van der Waals surface area (Å²) < 4.78 is 12.6. The van der Waals surface area contributed by atoms with Crippen LogP contribution in [0.2, 0.25) is 0 Å². The van der Waals surface area contributed by atoms with Crippen LogP contribution < -0.4 is 0 Å². The Labute approximate surface area is 794 Å². The van der Waals surface area contributed by atoms with Gasteiger partial charge in [0.15, 0.2) is 0 Å². The molecule has 135 heavy (non-hydrogen) atoms. The van der Waals surface area contributed by atoms with Crippen molar-refractivity contribution in [2.45, 2.75) is 183 Å². The Bertz CT molecular complexity index is 8570. The van der Waals surface area contributed by atoms with Crippen molar-refractivity contribution in [3.8, 4) is 77.9 Å². The number of fused-ring (bicyclic) bond motifs is 34. The van der Waals surface area contributed by atoms with E-state index >= 15 is 0 Å². The molecule has 0 saturated carbocycles. The lowest BCUT2D eigenvalue weighted by Gasteiger charge is -2.24. The first-order chi connectivity index (χ1) is 65.0. The molecule has 0 N–H and O–H groups in total. The average molecular weight is 1750 g/mol. The van der Waals surface area contributed by atoms with Gasteiger partial charge >= 0.3 is 0 Å². The van der Waals surface area contributed by atoms with Crippen LogP contribution in [0.3, 0.4) is 0 Å². The molecule has 5 heteroatoms. The Balaban J connectivity index is 0.0000000954. The molecule has 17 aromatic carbocycles. The number of benzene rings is 17. The van der Waals surface area contributed by atoms with Crippen LogP contribution in [-0.4, -0.2) is 22.8 Å². The van der Waals surface area contributed by atoms with E-state index in [1.54, 1.807) is 0 Å². The van der Waals surface area contributed by atoms with Crippen LogP contribution in [0.25, 0.3) is 187 Å². The van der Waals surface area contributed by atoms with Gasteiger partial charge in [0, 0.05) is 137 Å². The molecule has 5 aliphatic carbocycles. The molecule has 5 nitrogen and oxygen atoms in total. The zero-order chi connectivity index (χ0) is 92.8. The molecule has 0 radical (unpaired) electrons. The molecule has 5 aliphatic rings. The molecule has 0 unspecified atom stereocenters. The highest BCUT2D eigenvalue weighted by atomic mass is 15.1. The van der Waals surface area contributed by atoms with Crippen molar-refractivity contribution in [2.24, 2.45) is 0 Å².